The number of ether oxygens (including phenoxy) is 1. The molecule has 1 aliphatic heterocycles. The Morgan fingerprint density at radius 3 is 3.20 bits per heavy atom. The van der Waals surface area contributed by atoms with Gasteiger partial charge in [0, 0.05) is 36.3 Å². The van der Waals surface area contributed by atoms with Crippen molar-refractivity contribution in [1.29, 1.82) is 0 Å². The van der Waals surface area contributed by atoms with Crippen molar-refractivity contribution in [1.82, 2.24) is 15.5 Å². The van der Waals surface area contributed by atoms with Crippen molar-refractivity contribution in [3.05, 3.63) is 66.5 Å². The molecule has 1 aromatic carbocycles. The fourth-order valence-electron chi connectivity index (χ4n) is 5.18. The minimum Gasteiger partial charge on any atom is -0.494 e. The number of hydrogen-bond acceptors (Lipinski definition) is 5. The lowest BCUT2D eigenvalue weighted by atomic mass is 9.96. The number of nitrogens with zero attached hydrogens (tertiary/aromatic N) is 2. The SMILES string of the molecule is C=CNC1/N=C/c2cccc(c2)OCCC2CC2CN(C)CC23C=CC=C(N1)C2C3. The molecule has 5 heteroatoms. The maximum atomic E-state index is 6.03. The summed E-state index contributed by atoms with van der Waals surface area (Å²) >= 11 is 0. The van der Waals surface area contributed by atoms with E-state index in [1.165, 1.54) is 25.1 Å². The first-order valence-corrected chi connectivity index (χ1v) is 11.1. The standard InChI is InChI=1S/C25H32N4O/c1-3-26-24-27-15-18-6-4-7-21(12-18)30-11-9-19-13-20(19)16-29(2)17-25-10-5-8-23(28-24)22(25)14-25/h3-8,10,12,15,19-20,22,24,26,28H,1,9,11,13-14,16-17H2,2H3/b27-15+. The molecule has 4 aliphatic rings. The van der Waals surface area contributed by atoms with E-state index in [0.717, 1.165) is 42.7 Å². The third-order valence-electron chi connectivity index (χ3n) is 6.94. The van der Waals surface area contributed by atoms with Crippen molar-refractivity contribution in [2.24, 2.45) is 28.2 Å². The molecule has 2 saturated carbocycles. The maximum absolute atomic E-state index is 6.03. The lowest BCUT2D eigenvalue weighted by molar-refractivity contribution is 0.257. The first kappa shape index (κ1) is 19.4. The fraction of sp³-hybridized carbons (Fsp3) is 0.480. The van der Waals surface area contributed by atoms with Crippen molar-refractivity contribution in [2.75, 3.05) is 26.7 Å². The molecular weight excluding hydrogens is 372 g/mol. The third kappa shape index (κ3) is 4.17. The molecule has 5 atom stereocenters. The van der Waals surface area contributed by atoms with Crippen LogP contribution in [0.3, 0.4) is 0 Å². The number of fused-ring (bicyclic) bond motifs is 3. The Morgan fingerprint density at radius 1 is 1.37 bits per heavy atom. The van der Waals surface area contributed by atoms with Gasteiger partial charge in [0.15, 0.2) is 6.29 Å². The van der Waals surface area contributed by atoms with Crippen LogP contribution in [0.25, 0.3) is 0 Å². The van der Waals surface area contributed by atoms with E-state index in [1.807, 2.05) is 18.3 Å². The van der Waals surface area contributed by atoms with Gasteiger partial charge in [0.25, 0.3) is 0 Å². The normalized spacial score (nSPS) is 36.4. The van der Waals surface area contributed by atoms with Gasteiger partial charge in [-0.05, 0) is 68.1 Å². The maximum Gasteiger partial charge on any atom is 0.193 e. The largest absolute Gasteiger partial charge is 0.494 e. The number of nitrogens with one attached hydrogen (secondary N) is 2. The second kappa shape index (κ2) is 7.95. The van der Waals surface area contributed by atoms with Crippen LogP contribution in [0.4, 0.5) is 0 Å². The second-order valence-electron chi connectivity index (χ2n) is 9.33. The first-order chi connectivity index (χ1) is 14.6. The Balaban J connectivity index is 1.38. The van der Waals surface area contributed by atoms with Crippen LogP contribution in [-0.4, -0.2) is 44.1 Å². The van der Waals surface area contributed by atoms with Gasteiger partial charge in [0.05, 0.1) is 6.61 Å². The average Bonchev–Trinajstić information content (AvgIpc) is 3.63. The average molecular weight is 405 g/mol. The summed E-state index contributed by atoms with van der Waals surface area (Å²) in [6.07, 6.45) is 13.9. The summed E-state index contributed by atoms with van der Waals surface area (Å²) in [5.41, 5.74) is 2.59. The Morgan fingerprint density at radius 2 is 2.30 bits per heavy atom. The molecule has 0 saturated heterocycles. The van der Waals surface area contributed by atoms with Crippen LogP contribution in [0.15, 0.2) is 66.0 Å². The summed E-state index contributed by atoms with van der Waals surface area (Å²) in [7, 11) is 2.28. The molecule has 2 fully saturated rings. The van der Waals surface area contributed by atoms with Gasteiger partial charge >= 0.3 is 0 Å². The Bertz CT molecular complexity index is 891. The van der Waals surface area contributed by atoms with Crippen LogP contribution in [0, 0.1) is 23.2 Å². The highest BCUT2D eigenvalue weighted by Crippen LogP contribution is 2.59. The lowest BCUT2D eigenvalue weighted by Crippen LogP contribution is -2.39. The molecular formula is C25H32N4O. The van der Waals surface area contributed by atoms with E-state index in [2.05, 4.69) is 59.5 Å². The van der Waals surface area contributed by atoms with Crippen LogP contribution >= 0.6 is 0 Å². The number of allylic oxidation sites excluding steroid dienone is 3. The number of aliphatic imine (C=N–C) groups is 1. The Kier molecular flexibility index (Phi) is 5.15. The van der Waals surface area contributed by atoms with Gasteiger partial charge in [-0.1, -0.05) is 30.9 Å². The van der Waals surface area contributed by atoms with Gasteiger partial charge in [-0.25, -0.2) is 4.99 Å². The predicted molar refractivity (Wildman–Crippen MR) is 121 cm³/mol. The highest BCUT2D eigenvalue weighted by Gasteiger charge is 2.55. The molecule has 1 aromatic rings. The summed E-state index contributed by atoms with van der Waals surface area (Å²) in [5, 5.41) is 6.82. The molecule has 0 aromatic heterocycles. The lowest BCUT2D eigenvalue weighted by Gasteiger charge is -2.26. The monoisotopic (exact) mass is 404 g/mol. The van der Waals surface area contributed by atoms with E-state index >= 15 is 0 Å². The summed E-state index contributed by atoms with van der Waals surface area (Å²) in [6, 6.07) is 8.17. The summed E-state index contributed by atoms with van der Waals surface area (Å²) in [6.45, 7) is 6.93. The fourth-order valence-corrected chi connectivity index (χ4v) is 5.18. The summed E-state index contributed by atoms with van der Waals surface area (Å²) in [5.74, 6) is 3.11. The molecule has 0 amide bonds. The molecule has 4 bridgehead atoms. The second-order valence-corrected chi connectivity index (χ2v) is 9.33. The zero-order valence-electron chi connectivity index (χ0n) is 17.8. The highest BCUT2D eigenvalue weighted by atomic mass is 16.5. The minimum atomic E-state index is -0.244. The van der Waals surface area contributed by atoms with Crippen LogP contribution in [0.2, 0.25) is 0 Å². The van der Waals surface area contributed by atoms with Crippen molar-refractivity contribution < 1.29 is 4.74 Å². The zero-order chi connectivity index (χ0) is 20.6. The van der Waals surface area contributed by atoms with Gasteiger partial charge in [-0.3, -0.25) is 0 Å². The zero-order valence-corrected chi connectivity index (χ0v) is 17.8. The molecule has 5 nitrogen and oxygen atoms in total. The molecule has 2 N–H and O–H groups in total. The van der Waals surface area contributed by atoms with Crippen molar-refractivity contribution >= 4 is 6.21 Å². The molecule has 5 rings (SSSR count). The summed E-state index contributed by atoms with van der Waals surface area (Å²) < 4.78 is 6.03. The van der Waals surface area contributed by atoms with E-state index in [1.54, 1.807) is 6.20 Å². The molecule has 0 radical (unpaired) electrons. The van der Waals surface area contributed by atoms with Gasteiger partial charge in [-0.2, -0.15) is 0 Å². The van der Waals surface area contributed by atoms with Crippen LogP contribution in [-0.2, 0) is 0 Å². The van der Waals surface area contributed by atoms with Crippen LogP contribution in [0.1, 0.15) is 24.8 Å². The molecule has 5 unspecified atom stereocenters. The predicted octanol–water partition coefficient (Wildman–Crippen LogP) is 3.52. The van der Waals surface area contributed by atoms with Gasteiger partial charge in [0.2, 0.25) is 0 Å². The molecule has 158 valence electrons. The van der Waals surface area contributed by atoms with Gasteiger partial charge in [-0.15, -0.1) is 0 Å². The quantitative estimate of drug-likeness (QED) is 0.792. The number of rotatable bonds is 2. The van der Waals surface area contributed by atoms with E-state index < -0.39 is 0 Å². The van der Waals surface area contributed by atoms with Crippen molar-refractivity contribution in [2.45, 2.75) is 25.6 Å². The van der Waals surface area contributed by atoms with Crippen molar-refractivity contribution in [3.63, 3.8) is 0 Å². The van der Waals surface area contributed by atoms with Crippen molar-refractivity contribution in [3.8, 4) is 5.75 Å². The van der Waals surface area contributed by atoms with Crippen LogP contribution in [0.5, 0.6) is 5.75 Å². The molecule has 1 heterocycles. The van der Waals surface area contributed by atoms with Gasteiger partial charge in [0.1, 0.15) is 5.75 Å². The molecule has 3 aliphatic carbocycles. The smallest absolute Gasteiger partial charge is 0.193 e. The highest BCUT2D eigenvalue weighted by molar-refractivity contribution is 5.80. The van der Waals surface area contributed by atoms with E-state index in [0.29, 0.717) is 5.92 Å². The molecule has 0 spiro atoms. The third-order valence-corrected chi connectivity index (χ3v) is 6.94. The Hall–Kier alpha value is -2.53. The van der Waals surface area contributed by atoms with E-state index in [4.69, 9.17) is 9.73 Å². The first-order valence-electron chi connectivity index (χ1n) is 11.1. The topological polar surface area (TPSA) is 48.9 Å². The Labute approximate surface area is 179 Å². The van der Waals surface area contributed by atoms with E-state index in [9.17, 15) is 0 Å². The minimum absolute atomic E-state index is 0.244. The van der Waals surface area contributed by atoms with Gasteiger partial charge < -0.3 is 20.3 Å². The van der Waals surface area contributed by atoms with Crippen LogP contribution < -0.4 is 15.4 Å². The van der Waals surface area contributed by atoms with E-state index in [-0.39, 0.29) is 11.7 Å². The number of benzene rings is 1. The summed E-state index contributed by atoms with van der Waals surface area (Å²) in [4.78, 5) is 7.28. The number of hydrogen-bond donors (Lipinski definition) is 2. The molecule has 30 heavy (non-hydrogen) atoms.